The highest BCUT2D eigenvalue weighted by atomic mass is 16.4. The molecule has 7 nitrogen and oxygen atoms in total. The topological polar surface area (TPSA) is 88.3 Å². The summed E-state index contributed by atoms with van der Waals surface area (Å²) in [4.78, 5) is 26.0. The molecule has 0 aliphatic carbocycles. The van der Waals surface area contributed by atoms with Crippen LogP contribution in [0.4, 0.5) is 5.69 Å². The number of rotatable bonds is 7. The number of anilines is 1. The molecule has 1 heterocycles. The van der Waals surface area contributed by atoms with Crippen LogP contribution >= 0.6 is 0 Å². The van der Waals surface area contributed by atoms with Crippen molar-refractivity contribution >= 4 is 17.5 Å². The molecule has 2 aromatic carbocycles. The van der Waals surface area contributed by atoms with Gasteiger partial charge in [-0.25, -0.2) is 0 Å². The lowest BCUT2D eigenvalue weighted by Crippen LogP contribution is -2.35. The molecule has 0 aliphatic heterocycles. The smallest absolute Gasteiger partial charge is 0.247 e. The van der Waals surface area contributed by atoms with Gasteiger partial charge in [0.05, 0.1) is 6.54 Å². The van der Waals surface area contributed by atoms with Gasteiger partial charge in [0.25, 0.3) is 0 Å². The SMILES string of the molecule is Cc1cccc(NC(=O)CN(C)C(=O)CCc2nnc(-c3ccccc3)o2)c1C. The first-order chi connectivity index (χ1) is 13.9. The van der Waals surface area contributed by atoms with Crippen molar-refractivity contribution in [2.45, 2.75) is 26.7 Å². The van der Waals surface area contributed by atoms with Gasteiger partial charge >= 0.3 is 0 Å². The molecular weight excluding hydrogens is 368 g/mol. The van der Waals surface area contributed by atoms with Crippen LogP contribution in [0.1, 0.15) is 23.4 Å². The Labute approximate surface area is 169 Å². The highest BCUT2D eigenvalue weighted by Crippen LogP contribution is 2.19. The zero-order chi connectivity index (χ0) is 20.8. The van der Waals surface area contributed by atoms with Gasteiger partial charge in [-0.2, -0.15) is 0 Å². The minimum absolute atomic E-state index is 0.0225. The fourth-order valence-corrected chi connectivity index (χ4v) is 2.84. The van der Waals surface area contributed by atoms with Crippen molar-refractivity contribution in [3.8, 4) is 11.5 Å². The minimum atomic E-state index is -0.237. The normalized spacial score (nSPS) is 10.6. The largest absolute Gasteiger partial charge is 0.421 e. The van der Waals surface area contributed by atoms with E-state index in [0.717, 1.165) is 22.4 Å². The number of aromatic nitrogens is 2. The van der Waals surface area contributed by atoms with E-state index in [-0.39, 0.29) is 24.8 Å². The molecule has 3 rings (SSSR count). The maximum absolute atomic E-state index is 12.4. The Morgan fingerprint density at radius 3 is 2.55 bits per heavy atom. The Balaban J connectivity index is 1.50. The second-order valence-electron chi connectivity index (χ2n) is 6.91. The van der Waals surface area contributed by atoms with E-state index in [4.69, 9.17) is 4.42 Å². The summed E-state index contributed by atoms with van der Waals surface area (Å²) in [6, 6.07) is 15.2. The van der Waals surface area contributed by atoms with Crippen molar-refractivity contribution in [3.63, 3.8) is 0 Å². The Bertz CT molecular complexity index is 998. The van der Waals surface area contributed by atoms with Crippen molar-refractivity contribution in [1.82, 2.24) is 15.1 Å². The van der Waals surface area contributed by atoms with Crippen LogP contribution in [0.3, 0.4) is 0 Å². The van der Waals surface area contributed by atoms with Crippen LogP contribution in [-0.4, -0.2) is 40.5 Å². The molecule has 0 fully saturated rings. The molecule has 3 aromatic rings. The van der Waals surface area contributed by atoms with Crippen molar-refractivity contribution in [2.24, 2.45) is 0 Å². The van der Waals surface area contributed by atoms with Crippen LogP contribution in [0, 0.1) is 13.8 Å². The number of carbonyl (C=O) groups excluding carboxylic acids is 2. The third-order valence-corrected chi connectivity index (χ3v) is 4.73. The summed E-state index contributed by atoms with van der Waals surface area (Å²) in [5, 5.41) is 10.9. The highest BCUT2D eigenvalue weighted by Gasteiger charge is 2.16. The summed E-state index contributed by atoms with van der Waals surface area (Å²) in [5.74, 6) is 0.416. The molecule has 0 spiro atoms. The lowest BCUT2D eigenvalue weighted by atomic mass is 10.1. The van der Waals surface area contributed by atoms with E-state index in [1.54, 1.807) is 7.05 Å². The number of aryl methyl sites for hydroxylation is 2. The molecule has 0 aliphatic rings. The number of nitrogens with one attached hydrogen (secondary N) is 1. The Kier molecular flexibility index (Phi) is 6.39. The summed E-state index contributed by atoms with van der Waals surface area (Å²) in [6.07, 6.45) is 0.505. The van der Waals surface area contributed by atoms with E-state index in [2.05, 4.69) is 15.5 Å². The lowest BCUT2D eigenvalue weighted by Gasteiger charge is -2.17. The van der Waals surface area contributed by atoms with Gasteiger partial charge in [-0.1, -0.05) is 30.3 Å². The number of benzene rings is 2. The van der Waals surface area contributed by atoms with Gasteiger partial charge in [-0.3, -0.25) is 9.59 Å². The number of hydrogen-bond acceptors (Lipinski definition) is 5. The number of carbonyl (C=O) groups is 2. The first-order valence-electron chi connectivity index (χ1n) is 9.42. The molecule has 0 saturated heterocycles. The summed E-state index contributed by atoms with van der Waals surface area (Å²) in [6.45, 7) is 3.92. The third-order valence-electron chi connectivity index (χ3n) is 4.73. The number of nitrogens with zero attached hydrogens (tertiary/aromatic N) is 3. The van der Waals surface area contributed by atoms with E-state index in [1.807, 2.05) is 62.4 Å². The van der Waals surface area contributed by atoms with Crippen molar-refractivity contribution < 1.29 is 14.0 Å². The van der Waals surface area contributed by atoms with Crippen LogP contribution in [-0.2, 0) is 16.0 Å². The predicted molar refractivity (Wildman–Crippen MR) is 110 cm³/mol. The Hall–Kier alpha value is -3.48. The standard InChI is InChI=1S/C22H24N4O3/c1-15-8-7-11-18(16(15)2)23-19(27)14-26(3)21(28)13-12-20-24-25-22(29-20)17-9-5-4-6-10-17/h4-11H,12-14H2,1-3H3,(H,23,27). The molecule has 1 aromatic heterocycles. The summed E-state index contributed by atoms with van der Waals surface area (Å²) in [5.41, 5.74) is 3.70. The molecule has 7 heteroatoms. The van der Waals surface area contributed by atoms with Crippen LogP contribution in [0.15, 0.2) is 52.9 Å². The fraction of sp³-hybridized carbons (Fsp3) is 0.273. The van der Waals surface area contributed by atoms with Gasteiger partial charge in [0.1, 0.15) is 0 Å². The first-order valence-corrected chi connectivity index (χ1v) is 9.42. The van der Waals surface area contributed by atoms with Gasteiger partial charge in [-0.15, -0.1) is 10.2 Å². The van der Waals surface area contributed by atoms with Gasteiger partial charge in [0.2, 0.25) is 23.6 Å². The third kappa shape index (κ3) is 5.28. The molecule has 0 radical (unpaired) electrons. The molecular formula is C22H24N4O3. The molecule has 0 atom stereocenters. The summed E-state index contributed by atoms with van der Waals surface area (Å²) in [7, 11) is 1.61. The quantitative estimate of drug-likeness (QED) is 0.666. The molecule has 150 valence electrons. The van der Waals surface area contributed by atoms with Crippen LogP contribution in [0.2, 0.25) is 0 Å². The van der Waals surface area contributed by atoms with E-state index in [9.17, 15) is 9.59 Å². The van der Waals surface area contributed by atoms with E-state index < -0.39 is 0 Å². The molecule has 0 bridgehead atoms. The zero-order valence-electron chi connectivity index (χ0n) is 16.8. The van der Waals surface area contributed by atoms with Crippen molar-refractivity contribution in [2.75, 3.05) is 18.9 Å². The minimum Gasteiger partial charge on any atom is -0.421 e. The van der Waals surface area contributed by atoms with E-state index in [1.165, 1.54) is 4.90 Å². The molecule has 0 saturated carbocycles. The molecule has 29 heavy (non-hydrogen) atoms. The Morgan fingerprint density at radius 1 is 1.03 bits per heavy atom. The van der Waals surface area contributed by atoms with Gasteiger partial charge in [0, 0.05) is 31.1 Å². The van der Waals surface area contributed by atoms with Crippen molar-refractivity contribution in [1.29, 1.82) is 0 Å². The second kappa shape index (κ2) is 9.14. The van der Waals surface area contributed by atoms with Gasteiger partial charge in [-0.05, 0) is 43.2 Å². The average molecular weight is 392 g/mol. The number of likely N-dealkylation sites (N-methyl/N-ethyl adjacent to an activating group) is 1. The van der Waals surface area contributed by atoms with Gasteiger partial charge in [0.15, 0.2) is 0 Å². The van der Waals surface area contributed by atoms with Crippen LogP contribution in [0.25, 0.3) is 11.5 Å². The van der Waals surface area contributed by atoms with Crippen LogP contribution < -0.4 is 5.32 Å². The first kappa shape index (κ1) is 20.3. The summed E-state index contributed by atoms with van der Waals surface area (Å²) < 4.78 is 5.61. The van der Waals surface area contributed by atoms with E-state index >= 15 is 0 Å². The van der Waals surface area contributed by atoms with Gasteiger partial charge < -0.3 is 14.6 Å². The molecule has 0 unspecified atom stereocenters. The Morgan fingerprint density at radius 2 is 1.79 bits per heavy atom. The number of hydrogen-bond donors (Lipinski definition) is 1. The van der Waals surface area contributed by atoms with Crippen LogP contribution in [0.5, 0.6) is 0 Å². The zero-order valence-corrected chi connectivity index (χ0v) is 16.8. The maximum Gasteiger partial charge on any atom is 0.247 e. The molecule has 2 amide bonds. The predicted octanol–water partition coefficient (Wildman–Crippen LogP) is 3.38. The number of amides is 2. The molecule has 1 N–H and O–H groups in total. The average Bonchev–Trinajstić information content (AvgIpc) is 3.19. The monoisotopic (exact) mass is 392 g/mol. The fourth-order valence-electron chi connectivity index (χ4n) is 2.84. The second-order valence-corrected chi connectivity index (χ2v) is 6.91. The summed E-state index contributed by atoms with van der Waals surface area (Å²) >= 11 is 0. The van der Waals surface area contributed by atoms with Crippen molar-refractivity contribution in [3.05, 3.63) is 65.5 Å². The van der Waals surface area contributed by atoms with E-state index in [0.29, 0.717) is 18.2 Å². The highest BCUT2D eigenvalue weighted by molar-refractivity contribution is 5.95. The maximum atomic E-state index is 12.4. The lowest BCUT2D eigenvalue weighted by molar-refractivity contribution is -0.133.